The summed E-state index contributed by atoms with van der Waals surface area (Å²) in [7, 11) is 2.86. The molecule has 0 heterocycles. The number of halogens is 2. The van der Waals surface area contributed by atoms with E-state index >= 15 is 0 Å². The normalized spacial score (nSPS) is 10.4. The molecule has 27 heavy (non-hydrogen) atoms. The van der Waals surface area contributed by atoms with Crippen LogP contribution in [0.5, 0.6) is 11.5 Å². The summed E-state index contributed by atoms with van der Waals surface area (Å²) in [4.78, 5) is 25.1. The molecule has 0 aromatic heterocycles. The number of methoxy groups -OCH3 is 2. The van der Waals surface area contributed by atoms with E-state index in [0.29, 0.717) is 11.3 Å². The van der Waals surface area contributed by atoms with Gasteiger partial charge >= 0.3 is 5.97 Å². The highest BCUT2D eigenvalue weighted by atomic mass is 19.2. The molecule has 0 saturated carbocycles. The van der Waals surface area contributed by atoms with E-state index in [-0.39, 0.29) is 30.8 Å². The predicted molar refractivity (Wildman–Crippen MR) is 92.9 cm³/mol. The molecule has 0 atom stereocenters. The zero-order chi connectivity index (χ0) is 20.0. The van der Waals surface area contributed by atoms with Gasteiger partial charge in [-0.15, -0.1) is 0 Å². The van der Waals surface area contributed by atoms with E-state index in [0.717, 1.165) is 12.1 Å². The van der Waals surface area contributed by atoms with Crippen molar-refractivity contribution in [3.05, 3.63) is 59.2 Å². The van der Waals surface area contributed by atoms with Crippen molar-refractivity contribution in [1.29, 1.82) is 0 Å². The Balaban J connectivity index is 2.33. The van der Waals surface area contributed by atoms with Gasteiger partial charge in [-0.2, -0.15) is 0 Å². The molecule has 2 aromatic rings. The van der Waals surface area contributed by atoms with Crippen molar-refractivity contribution in [3.63, 3.8) is 0 Å². The van der Waals surface area contributed by atoms with E-state index in [9.17, 15) is 18.4 Å². The Morgan fingerprint density at radius 1 is 1.04 bits per heavy atom. The second-order valence-electron chi connectivity index (χ2n) is 5.69. The molecule has 0 unspecified atom stereocenters. The summed E-state index contributed by atoms with van der Waals surface area (Å²) >= 11 is 0. The van der Waals surface area contributed by atoms with Gasteiger partial charge in [-0.1, -0.05) is 6.07 Å². The fourth-order valence-electron chi connectivity index (χ4n) is 2.49. The maximum absolute atomic E-state index is 13.5. The summed E-state index contributed by atoms with van der Waals surface area (Å²) in [5.41, 5.74) is 0.534. The lowest BCUT2D eigenvalue weighted by Gasteiger charge is -2.23. The van der Waals surface area contributed by atoms with Gasteiger partial charge in [-0.05, 0) is 29.8 Å². The maximum atomic E-state index is 13.5. The van der Waals surface area contributed by atoms with Crippen LogP contribution in [0.3, 0.4) is 0 Å². The molecule has 0 fully saturated rings. The van der Waals surface area contributed by atoms with Crippen molar-refractivity contribution in [2.75, 3.05) is 20.8 Å². The monoisotopic (exact) mass is 379 g/mol. The molecule has 8 heteroatoms. The quantitative estimate of drug-likeness (QED) is 0.763. The first-order valence-corrected chi connectivity index (χ1v) is 8.02. The van der Waals surface area contributed by atoms with Gasteiger partial charge in [0, 0.05) is 19.2 Å². The van der Waals surface area contributed by atoms with Gasteiger partial charge in [0.25, 0.3) is 5.91 Å². The number of rotatable bonds is 8. The lowest BCUT2D eigenvalue weighted by molar-refractivity contribution is -0.137. The fourth-order valence-corrected chi connectivity index (χ4v) is 2.49. The minimum atomic E-state index is -1.08. The molecule has 0 aliphatic heterocycles. The van der Waals surface area contributed by atoms with Crippen LogP contribution >= 0.6 is 0 Å². The average Bonchev–Trinajstić information content (AvgIpc) is 2.66. The molecule has 0 radical (unpaired) electrons. The number of carbonyl (C=O) groups excluding carboxylic acids is 1. The van der Waals surface area contributed by atoms with Gasteiger partial charge in [0.05, 0.1) is 26.2 Å². The zero-order valence-electron chi connectivity index (χ0n) is 14.9. The molecule has 2 rings (SSSR count). The van der Waals surface area contributed by atoms with Crippen LogP contribution in [0.4, 0.5) is 8.78 Å². The second kappa shape index (κ2) is 8.98. The molecule has 0 saturated heterocycles. The first-order valence-electron chi connectivity index (χ1n) is 8.02. The summed E-state index contributed by atoms with van der Waals surface area (Å²) in [6.45, 7) is -0.194. The number of hydrogen-bond acceptors (Lipinski definition) is 4. The third-order valence-corrected chi connectivity index (χ3v) is 3.88. The molecule has 0 aliphatic carbocycles. The van der Waals surface area contributed by atoms with Gasteiger partial charge in [-0.25, -0.2) is 8.78 Å². The predicted octanol–water partition coefficient (Wildman–Crippen LogP) is 3.10. The molecular formula is C19H19F2NO5. The number of amides is 1. The van der Waals surface area contributed by atoms with E-state index in [4.69, 9.17) is 14.6 Å². The number of benzene rings is 2. The van der Waals surface area contributed by atoms with E-state index in [1.165, 1.54) is 37.3 Å². The lowest BCUT2D eigenvalue weighted by Crippen LogP contribution is -2.33. The molecule has 6 nitrogen and oxygen atoms in total. The SMILES string of the molecule is COc1ccc(C(=O)N(CCC(=O)O)Cc2ccc(F)c(F)c2)c(OC)c1. The molecule has 0 aliphatic rings. The summed E-state index contributed by atoms with van der Waals surface area (Å²) in [6, 6.07) is 7.87. The molecule has 0 bridgehead atoms. The summed E-state index contributed by atoms with van der Waals surface area (Å²) in [6.07, 6.45) is -0.298. The first-order chi connectivity index (χ1) is 12.8. The van der Waals surface area contributed by atoms with Crippen LogP contribution in [-0.4, -0.2) is 42.6 Å². The number of carboxylic acid groups (broad SMARTS) is 1. The third kappa shape index (κ3) is 5.16. The molecule has 144 valence electrons. The Hall–Kier alpha value is -3.16. The van der Waals surface area contributed by atoms with Crippen LogP contribution in [0.2, 0.25) is 0 Å². The van der Waals surface area contributed by atoms with Crippen molar-refractivity contribution >= 4 is 11.9 Å². The Morgan fingerprint density at radius 3 is 2.37 bits per heavy atom. The van der Waals surface area contributed by atoms with Crippen LogP contribution in [0, 0.1) is 11.6 Å². The highest BCUT2D eigenvalue weighted by Crippen LogP contribution is 2.26. The second-order valence-corrected chi connectivity index (χ2v) is 5.69. The van der Waals surface area contributed by atoms with Crippen molar-refractivity contribution in [2.45, 2.75) is 13.0 Å². The van der Waals surface area contributed by atoms with Gasteiger partial charge in [0.2, 0.25) is 0 Å². The van der Waals surface area contributed by atoms with Gasteiger partial charge in [0.15, 0.2) is 11.6 Å². The van der Waals surface area contributed by atoms with E-state index in [1.807, 2.05) is 0 Å². The van der Waals surface area contributed by atoms with Crippen LogP contribution in [0.25, 0.3) is 0 Å². The standard InChI is InChI=1S/C19H19F2NO5/c1-26-13-4-5-14(17(10-13)27-2)19(25)22(8-7-18(23)24)11-12-3-6-15(20)16(21)9-12/h3-6,9-10H,7-8,11H2,1-2H3,(H,23,24). The van der Waals surface area contributed by atoms with Crippen molar-refractivity contribution in [2.24, 2.45) is 0 Å². The van der Waals surface area contributed by atoms with Crippen LogP contribution in [0.15, 0.2) is 36.4 Å². The van der Waals surface area contributed by atoms with Crippen LogP contribution in [-0.2, 0) is 11.3 Å². The smallest absolute Gasteiger partial charge is 0.305 e. The highest BCUT2D eigenvalue weighted by molar-refractivity contribution is 5.97. The molecule has 2 aromatic carbocycles. The minimum Gasteiger partial charge on any atom is -0.497 e. The largest absolute Gasteiger partial charge is 0.497 e. The first kappa shape index (κ1) is 20.2. The number of hydrogen-bond donors (Lipinski definition) is 1. The van der Waals surface area contributed by atoms with E-state index < -0.39 is 23.5 Å². The summed E-state index contributed by atoms with van der Waals surface area (Å²) in [5, 5.41) is 8.94. The average molecular weight is 379 g/mol. The molecular weight excluding hydrogens is 360 g/mol. The van der Waals surface area contributed by atoms with Gasteiger partial charge in [-0.3, -0.25) is 9.59 Å². The Kier molecular flexibility index (Phi) is 6.70. The van der Waals surface area contributed by atoms with Crippen molar-refractivity contribution < 1.29 is 33.0 Å². The Bertz CT molecular complexity index is 841. The molecule has 1 amide bonds. The van der Waals surface area contributed by atoms with E-state index in [1.54, 1.807) is 6.07 Å². The lowest BCUT2D eigenvalue weighted by atomic mass is 10.1. The van der Waals surface area contributed by atoms with Crippen molar-refractivity contribution in [1.82, 2.24) is 4.90 Å². The van der Waals surface area contributed by atoms with Crippen LogP contribution < -0.4 is 9.47 Å². The third-order valence-electron chi connectivity index (χ3n) is 3.88. The Morgan fingerprint density at radius 2 is 1.78 bits per heavy atom. The highest BCUT2D eigenvalue weighted by Gasteiger charge is 2.21. The van der Waals surface area contributed by atoms with Crippen LogP contribution in [0.1, 0.15) is 22.3 Å². The number of nitrogens with zero attached hydrogens (tertiary/aromatic N) is 1. The summed E-state index contributed by atoms with van der Waals surface area (Å²) in [5.74, 6) is -2.88. The molecule has 0 spiro atoms. The van der Waals surface area contributed by atoms with E-state index in [2.05, 4.69) is 0 Å². The topological polar surface area (TPSA) is 76.1 Å². The maximum Gasteiger partial charge on any atom is 0.305 e. The van der Waals surface area contributed by atoms with Crippen molar-refractivity contribution in [3.8, 4) is 11.5 Å². The van der Waals surface area contributed by atoms with Gasteiger partial charge in [0.1, 0.15) is 11.5 Å². The summed E-state index contributed by atoms with van der Waals surface area (Å²) < 4.78 is 36.9. The molecule has 1 N–H and O–H groups in total. The number of carboxylic acids is 1. The zero-order valence-corrected chi connectivity index (χ0v) is 14.9. The Labute approximate surface area is 154 Å². The fraction of sp³-hybridized carbons (Fsp3) is 0.263. The minimum absolute atomic E-state index is 0.0848. The number of ether oxygens (including phenoxy) is 2. The van der Waals surface area contributed by atoms with Gasteiger partial charge < -0.3 is 19.5 Å². The number of carbonyl (C=O) groups is 2. The number of aliphatic carboxylic acids is 1.